The predicted molar refractivity (Wildman–Crippen MR) is 64.8 cm³/mol. The molecular formula is C13H27NO. The first-order chi connectivity index (χ1) is 7.20. The zero-order valence-corrected chi connectivity index (χ0v) is 10.4. The summed E-state index contributed by atoms with van der Waals surface area (Å²) in [6.07, 6.45) is 7.57. The molecule has 0 aromatic rings. The van der Waals surface area contributed by atoms with E-state index in [4.69, 9.17) is 10.5 Å². The highest BCUT2D eigenvalue weighted by molar-refractivity contribution is 4.77. The fraction of sp³-hybridized carbons (Fsp3) is 1.00. The third-order valence-corrected chi connectivity index (χ3v) is 3.44. The summed E-state index contributed by atoms with van der Waals surface area (Å²) in [5, 5.41) is 0. The van der Waals surface area contributed by atoms with Gasteiger partial charge in [0, 0.05) is 19.3 Å². The van der Waals surface area contributed by atoms with Crippen molar-refractivity contribution in [1.29, 1.82) is 0 Å². The minimum Gasteiger partial charge on any atom is -0.381 e. The molecule has 0 saturated heterocycles. The number of hydrogen-bond donors (Lipinski definition) is 1. The Balaban J connectivity index is 1.99. The summed E-state index contributed by atoms with van der Waals surface area (Å²) in [6.45, 7) is 6.30. The van der Waals surface area contributed by atoms with Gasteiger partial charge in [0.15, 0.2) is 0 Å². The summed E-state index contributed by atoms with van der Waals surface area (Å²) >= 11 is 0. The molecule has 0 amide bonds. The number of ether oxygens (including phenoxy) is 1. The second-order valence-corrected chi connectivity index (χ2v) is 5.29. The largest absolute Gasteiger partial charge is 0.381 e. The lowest BCUT2D eigenvalue weighted by molar-refractivity contribution is 0.101. The summed E-state index contributed by atoms with van der Waals surface area (Å²) in [7, 11) is 0. The van der Waals surface area contributed by atoms with Crippen LogP contribution in [0.25, 0.3) is 0 Å². The maximum atomic E-state index is 6.09. The van der Waals surface area contributed by atoms with Gasteiger partial charge in [-0.15, -0.1) is 0 Å². The Morgan fingerprint density at radius 3 is 2.60 bits per heavy atom. The van der Waals surface area contributed by atoms with Crippen LogP contribution in [0.4, 0.5) is 0 Å². The molecule has 1 aliphatic carbocycles. The topological polar surface area (TPSA) is 35.2 Å². The molecule has 90 valence electrons. The van der Waals surface area contributed by atoms with Gasteiger partial charge in [0.05, 0.1) is 0 Å². The standard InChI is InChI=1S/C13H27NO/c1-11(2)7-9-15-10-8-12-5-3-4-6-13(12)14/h11-13H,3-10,14H2,1-2H3. The molecule has 0 heterocycles. The van der Waals surface area contributed by atoms with E-state index in [1.54, 1.807) is 0 Å². The molecule has 1 aliphatic rings. The van der Waals surface area contributed by atoms with Crippen LogP contribution >= 0.6 is 0 Å². The maximum absolute atomic E-state index is 6.09. The van der Waals surface area contributed by atoms with Gasteiger partial charge in [0.1, 0.15) is 0 Å². The Morgan fingerprint density at radius 1 is 1.20 bits per heavy atom. The molecule has 1 fully saturated rings. The van der Waals surface area contributed by atoms with Crippen molar-refractivity contribution < 1.29 is 4.74 Å². The Hall–Kier alpha value is -0.0800. The molecule has 1 rings (SSSR count). The third kappa shape index (κ3) is 5.53. The van der Waals surface area contributed by atoms with Crippen LogP contribution in [0.5, 0.6) is 0 Å². The average Bonchev–Trinajstić information content (AvgIpc) is 2.20. The van der Waals surface area contributed by atoms with Crippen LogP contribution in [0.2, 0.25) is 0 Å². The van der Waals surface area contributed by atoms with Crippen molar-refractivity contribution in [3.8, 4) is 0 Å². The number of hydrogen-bond acceptors (Lipinski definition) is 2. The van der Waals surface area contributed by atoms with Gasteiger partial charge in [0.25, 0.3) is 0 Å². The van der Waals surface area contributed by atoms with Crippen molar-refractivity contribution in [1.82, 2.24) is 0 Å². The highest BCUT2D eigenvalue weighted by Crippen LogP contribution is 2.25. The SMILES string of the molecule is CC(C)CCOCCC1CCCCC1N. The molecule has 2 heteroatoms. The van der Waals surface area contributed by atoms with E-state index in [0.29, 0.717) is 6.04 Å². The van der Waals surface area contributed by atoms with E-state index in [9.17, 15) is 0 Å². The molecule has 2 nitrogen and oxygen atoms in total. The summed E-state index contributed by atoms with van der Waals surface area (Å²) in [5.74, 6) is 1.47. The highest BCUT2D eigenvalue weighted by atomic mass is 16.5. The Labute approximate surface area is 94.6 Å². The van der Waals surface area contributed by atoms with Gasteiger partial charge in [-0.25, -0.2) is 0 Å². The first-order valence-electron chi connectivity index (χ1n) is 6.53. The zero-order valence-electron chi connectivity index (χ0n) is 10.4. The number of nitrogens with two attached hydrogens (primary N) is 1. The predicted octanol–water partition coefficient (Wildman–Crippen LogP) is 2.96. The quantitative estimate of drug-likeness (QED) is 0.688. The Morgan fingerprint density at radius 2 is 1.93 bits per heavy atom. The lowest BCUT2D eigenvalue weighted by Crippen LogP contribution is -2.33. The van der Waals surface area contributed by atoms with Gasteiger partial charge in [-0.1, -0.05) is 26.7 Å². The molecule has 2 atom stereocenters. The fourth-order valence-electron chi connectivity index (χ4n) is 2.25. The van der Waals surface area contributed by atoms with E-state index in [-0.39, 0.29) is 0 Å². The molecular weight excluding hydrogens is 186 g/mol. The van der Waals surface area contributed by atoms with Gasteiger partial charge in [-0.2, -0.15) is 0 Å². The monoisotopic (exact) mass is 213 g/mol. The summed E-state index contributed by atoms with van der Waals surface area (Å²) < 4.78 is 5.64. The van der Waals surface area contributed by atoms with Gasteiger partial charge in [-0.3, -0.25) is 0 Å². The van der Waals surface area contributed by atoms with E-state index >= 15 is 0 Å². The zero-order chi connectivity index (χ0) is 11.1. The molecule has 0 spiro atoms. The van der Waals surface area contributed by atoms with Crippen LogP contribution in [0.1, 0.15) is 52.4 Å². The van der Waals surface area contributed by atoms with Crippen molar-refractivity contribution >= 4 is 0 Å². The lowest BCUT2D eigenvalue weighted by Gasteiger charge is -2.28. The van der Waals surface area contributed by atoms with Crippen LogP contribution in [-0.4, -0.2) is 19.3 Å². The van der Waals surface area contributed by atoms with Crippen LogP contribution in [0.3, 0.4) is 0 Å². The smallest absolute Gasteiger partial charge is 0.0469 e. The van der Waals surface area contributed by atoms with Crippen LogP contribution in [-0.2, 0) is 4.74 Å². The first kappa shape index (κ1) is 13.0. The Bertz CT molecular complexity index is 159. The van der Waals surface area contributed by atoms with E-state index in [0.717, 1.165) is 25.0 Å². The molecule has 15 heavy (non-hydrogen) atoms. The molecule has 0 radical (unpaired) electrons. The van der Waals surface area contributed by atoms with Gasteiger partial charge >= 0.3 is 0 Å². The minimum absolute atomic E-state index is 0.437. The van der Waals surface area contributed by atoms with Crippen LogP contribution < -0.4 is 5.73 Å². The minimum atomic E-state index is 0.437. The molecule has 2 N–H and O–H groups in total. The Kier molecular flexibility index (Phi) is 6.26. The van der Waals surface area contributed by atoms with Crippen molar-refractivity contribution in [3.05, 3.63) is 0 Å². The molecule has 1 saturated carbocycles. The van der Waals surface area contributed by atoms with Gasteiger partial charge in [-0.05, 0) is 37.5 Å². The highest BCUT2D eigenvalue weighted by Gasteiger charge is 2.20. The molecule has 0 aliphatic heterocycles. The normalized spacial score (nSPS) is 27.2. The van der Waals surface area contributed by atoms with Crippen LogP contribution in [0, 0.1) is 11.8 Å². The second kappa shape index (κ2) is 7.24. The van der Waals surface area contributed by atoms with Crippen molar-refractivity contribution in [2.24, 2.45) is 17.6 Å². The molecule has 0 aromatic heterocycles. The molecule has 0 bridgehead atoms. The van der Waals surface area contributed by atoms with Crippen molar-refractivity contribution in [3.63, 3.8) is 0 Å². The number of rotatable bonds is 6. The van der Waals surface area contributed by atoms with E-state index in [1.165, 1.54) is 38.5 Å². The average molecular weight is 213 g/mol. The molecule has 0 aromatic carbocycles. The van der Waals surface area contributed by atoms with Gasteiger partial charge < -0.3 is 10.5 Å². The second-order valence-electron chi connectivity index (χ2n) is 5.29. The maximum Gasteiger partial charge on any atom is 0.0469 e. The van der Waals surface area contributed by atoms with Crippen LogP contribution in [0.15, 0.2) is 0 Å². The first-order valence-corrected chi connectivity index (χ1v) is 6.53. The third-order valence-electron chi connectivity index (χ3n) is 3.44. The van der Waals surface area contributed by atoms with E-state index in [2.05, 4.69) is 13.8 Å². The van der Waals surface area contributed by atoms with E-state index in [1.807, 2.05) is 0 Å². The molecule has 2 unspecified atom stereocenters. The lowest BCUT2D eigenvalue weighted by atomic mass is 9.83. The van der Waals surface area contributed by atoms with Crippen molar-refractivity contribution in [2.75, 3.05) is 13.2 Å². The summed E-state index contributed by atoms with van der Waals surface area (Å²) in [5.41, 5.74) is 6.09. The van der Waals surface area contributed by atoms with E-state index < -0.39 is 0 Å². The summed E-state index contributed by atoms with van der Waals surface area (Å²) in [4.78, 5) is 0. The van der Waals surface area contributed by atoms with Crippen molar-refractivity contribution in [2.45, 2.75) is 58.4 Å². The fourth-order valence-corrected chi connectivity index (χ4v) is 2.25. The van der Waals surface area contributed by atoms with Gasteiger partial charge in [0.2, 0.25) is 0 Å². The summed E-state index contributed by atoms with van der Waals surface area (Å²) in [6, 6.07) is 0.437.